The summed E-state index contributed by atoms with van der Waals surface area (Å²) in [5.41, 5.74) is 0.350. The third kappa shape index (κ3) is 4.41. The minimum absolute atomic E-state index is 0.122. The van der Waals surface area contributed by atoms with Crippen molar-refractivity contribution in [3.8, 4) is 11.6 Å². The molecule has 37 heavy (non-hydrogen) atoms. The summed E-state index contributed by atoms with van der Waals surface area (Å²) in [4.78, 5) is 17.1. The number of ether oxygens (including phenoxy) is 3. The first-order valence-corrected chi connectivity index (χ1v) is 11.5. The Morgan fingerprint density at radius 3 is 2.59 bits per heavy atom. The summed E-state index contributed by atoms with van der Waals surface area (Å²) < 4.78 is 71.2. The van der Waals surface area contributed by atoms with Crippen molar-refractivity contribution in [3.05, 3.63) is 59.3 Å². The topological polar surface area (TPSA) is 101 Å². The van der Waals surface area contributed by atoms with Gasteiger partial charge in [-0.1, -0.05) is 12.1 Å². The minimum Gasteiger partial charge on any atom is -0.495 e. The second-order valence-corrected chi connectivity index (χ2v) is 9.14. The lowest BCUT2D eigenvalue weighted by atomic mass is 9.76. The molecule has 0 N–H and O–H groups in total. The molecule has 1 saturated heterocycles. The van der Waals surface area contributed by atoms with Crippen LogP contribution in [0, 0.1) is 11.7 Å². The molecule has 1 spiro atoms. The van der Waals surface area contributed by atoms with E-state index in [-0.39, 0.29) is 24.3 Å². The van der Waals surface area contributed by atoms with Crippen LogP contribution >= 0.6 is 0 Å². The molecule has 0 amide bonds. The molecule has 5 rings (SSSR count). The Bertz CT molecular complexity index is 1300. The van der Waals surface area contributed by atoms with Crippen LogP contribution in [0.25, 0.3) is 5.82 Å². The van der Waals surface area contributed by atoms with Gasteiger partial charge in [-0.2, -0.15) is 17.9 Å². The standard InChI is InChI=1S/C24H23F4N5O4/c1-35-17-7-8-18(33-22(24(26,27)28)30-31-32-33)29-20(17)14-11-23(37-12-14)10-9-16(21(34)36-2)19(23)13-3-5-15(25)6-4-13/h3-8,14,16,19H,9-12H2,1-2H3/t14-,16?,19-,23-/m1/s1. The number of alkyl halides is 3. The van der Waals surface area contributed by atoms with Crippen molar-refractivity contribution in [1.82, 2.24) is 25.2 Å². The van der Waals surface area contributed by atoms with E-state index in [9.17, 15) is 22.4 Å². The molecule has 9 nitrogen and oxygen atoms in total. The molecular formula is C24H23F4N5O4. The maximum atomic E-state index is 13.7. The average Bonchev–Trinajstić information content (AvgIpc) is 3.63. The van der Waals surface area contributed by atoms with Crippen molar-refractivity contribution in [2.24, 2.45) is 5.92 Å². The van der Waals surface area contributed by atoms with Crippen LogP contribution in [0.4, 0.5) is 17.6 Å². The Morgan fingerprint density at radius 1 is 1.16 bits per heavy atom. The second kappa shape index (κ2) is 9.36. The number of halogens is 4. The number of pyridine rings is 1. The highest BCUT2D eigenvalue weighted by molar-refractivity contribution is 5.74. The van der Waals surface area contributed by atoms with Crippen LogP contribution in [0.3, 0.4) is 0 Å². The minimum atomic E-state index is -4.78. The van der Waals surface area contributed by atoms with Gasteiger partial charge in [0, 0.05) is 11.8 Å². The number of carbonyl (C=O) groups is 1. The first-order valence-electron chi connectivity index (χ1n) is 11.5. The zero-order valence-electron chi connectivity index (χ0n) is 19.9. The fourth-order valence-electron chi connectivity index (χ4n) is 5.62. The number of hydrogen-bond acceptors (Lipinski definition) is 8. The van der Waals surface area contributed by atoms with Crippen molar-refractivity contribution in [2.45, 2.75) is 42.9 Å². The fraction of sp³-hybridized carbons (Fsp3) is 0.458. The molecule has 13 heteroatoms. The quantitative estimate of drug-likeness (QED) is 0.369. The van der Waals surface area contributed by atoms with Gasteiger partial charge in [-0.3, -0.25) is 4.79 Å². The summed E-state index contributed by atoms with van der Waals surface area (Å²) in [5.74, 6) is -3.10. The smallest absolute Gasteiger partial charge is 0.453 e. The van der Waals surface area contributed by atoms with Gasteiger partial charge in [-0.25, -0.2) is 9.37 Å². The van der Waals surface area contributed by atoms with Gasteiger partial charge in [0.15, 0.2) is 5.82 Å². The predicted octanol–water partition coefficient (Wildman–Crippen LogP) is 3.83. The molecule has 1 aliphatic carbocycles. The monoisotopic (exact) mass is 521 g/mol. The third-order valence-corrected chi connectivity index (χ3v) is 7.16. The molecule has 2 fully saturated rings. The summed E-state index contributed by atoms with van der Waals surface area (Å²) in [5, 5.41) is 9.70. The molecule has 196 valence electrons. The lowest BCUT2D eigenvalue weighted by molar-refractivity contribution is -0.147. The van der Waals surface area contributed by atoms with Gasteiger partial charge < -0.3 is 14.2 Å². The third-order valence-electron chi connectivity index (χ3n) is 7.16. The van der Waals surface area contributed by atoms with Crippen LogP contribution in [0.2, 0.25) is 0 Å². The van der Waals surface area contributed by atoms with Gasteiger partial charge in [-0.15, -0.1) is 5.10 Å². The van der Waals surface area contributed by atoms with Crippen molar-refractivity contribution in [2.75, 3.05) is 20.8 Å². The number of tetrazole rings is 1. The molecule has 1 saturated carbocycles. The summed E-state index contributed by atoms with van der Waals surface area (Å²) in [6.45, 7) is 0.195. The Hall–Kier alpha value is -3.61. The zero-order valence-corrected chi connectivity index (χ0v) is 19.9. The molecular weight excluding hydrogens is 498 g/mol. The number of nitrogens with zero attached hydrogens (tertiary/aromatic N) is 5. The van der Waals surface area contributed by atoms with Gasteiger partial charge in [0.25, 0.3) is 5.82 Å². The van der Waals surface area contributed by atoms with E-state index in [0.717, 1.165) is 5.56 Å². The van der Waals surface area contributed by atoms with Gasteiger partial charge in [0.1, 0.15) is 11.6 Å². The number of esters is 1. The average molecular weight is 521 g/mol. The van der Waals surface area contributed by atoms with Crippen LogP contribution in [-0.2, 0) is 20.4 Å². The van der Waals surface area contributed by atoms with E-state index in [4.69, 9.17) is 14.2 Å². The maximum absolute atomic E-state index is 13.7. The van der Waals surface area contributed by atoms with E-state index in [1.165, 1.54) is 38.5 Å². The van der Waals surface area contributed by atoms with Crippen LogP contribution in [0.5, 0.6) is 5.75 Å². The Morgan fingerprint density at radius 2 is 1.92 bits per heavy atom. The Labute approximate surface area is 208 Å². The van der Waals surface area contributed by atoms with Crippen LogP contribution in [0.15, 0.2) is 36.4 Å². The molecule has 0 bridgehead atoms. The molecule has 1 aromatic carbocycles. The van der Waals surface area contributed by atoms with Crippen LogP contribution < -0.4 is 4.74 Å². The highest BCUT2D eigenvalue weighted by Gasteiger charge is 2.57. The molecule has 2 aliphatic rings. The Kier molecular flexibility index (Phi) is 6.34. The SMILES string of the molecule is COC(=O)C1CC[C@@]2(C[C@@H](c3nc(-n4nnnc4C(F)(F)F)ccc3OC)CO2)[C@@H]1c1ccc(F)cc1. The highest BCUT2D eigenvalue weighted by Crippen LogP contribution is 2.57. The molecule has 3 aromatic rings. The number of carbonyl (C=O) groups excluding carboxylic acids is 1. The van der Waals surface area contributed by atoms with Crippen LogP contribution in [0.1, 0.15) is 48.2 Å². The van der Waals surface area contributed by atoms with E-state index >= 15 is 0 Å². The lowest BCUT2D eigenvalue weighted by Crippen LogP contribution is -2.35. The van der Waals surface area contributed by atoms with Gasteiger partial charge >= 0.3 is 12.1 Å². The normalized spacial score (nSPS) is 25.5. The lowest BCUT2D eigenvalue weighted by Gasteiger charge is -2.33. The fourth-order valence-corrected chi connectivity index (χ4v) is 5.62. The summed E-state index contributed by atoms with van der Waals surface area (Å²) >= 11 is 0. The number of hydrogen-bond donors (Lipinski definition) is 0. The molecule has 4 atom stereocenters. The molecule has 1 aliphatic heterocycles. The van der Waals surface area contributed by atoms with E-state index in [0.29, 0.717) is 35.4 Å². The number of rotatable bonds is 5. The van der Waals surface area contributed by atoms with E-state index in [1.54, 1.807) is 12.1 Å². The van der Waals surface area contributed by atoms with Crippen molar-refractivity contribution in [3.63, 3.8) is 0 Å². The van der Waals surface area contributed by atoms with E-state index in [2.05, 4.69) is 20.5 Å². The first kappa shape index (κ1) is 25.1. The van der Waals surface area contributed by atoms with Crippen LogP contribution in [-0.4, -0.2) is 57.6 Å². The molecule has 1 unspecified atom stereocenters. The van der Waals surface area contributed by atoms with Gasteiger partial charge in [0.05, 0.1) is 38.0 Å². The zero-order chi connectivity index (χ0) is 26.4. The van der Waals surface area contributed by atoms with E-state index < -0.39 is 35.3 Å². The van der Waals surface area contributed by atoms with Gasteiger partial charge in [0.2, 0.25) is 0 Å². The van der Waals surface area contributed by atoms with Gasteiger partial charge in [-0.05, 0) is 59.5 Å². The second-order valence-electron chi connectivity index (χ2n) is 9.14. The summed E-state index contributed by atoms with van der Waals surface area (Å²) in [6.07, 6.45) is -3.32. The first-order chi connectivity index (χ1) is 17.7. The summed E-state index contributed by atoms with van der Waals surface area (Å²) in [6, 6.07) is 8.78. The maximum Gasteiger partial charge on any atom is 0.453 e. The van der Waals surface area contributed by atoms with E-state index in [1.807, 2.05) is 0 Å². The van der Waals surface area contributed by atoms with Crippen molar-refractivity contribution in [1.29, 1.82) is 0 Å². The predicted molar refractivity (Wildman–Crippen MR) is 118 cm³/mol. The van der Waals surface area contributed by atoms with Crippen molar-refractivity contribution < 1.29 is 36.6 Å². The number of aromatic nitrogens is 5. The Balaban J connectivity index is 1.51. The molecule has 2 aromatic heterocycles. The van der Waals surface area contributed by atoms with Crippen molar-refractivity contribution >= 4 is 5.97 Å². The highest BCUT2D eigenvalue weighted by atomic mass is 19.4. The number of methoxy groups -OCH3 is 2. The molecule has 3 heterocycles. The molecule has 0 radical (unpaired) electrons. The largest absolute Gasteiger partial charge is 0.495 e. The summed E-state index contributed by atoms with van der Waals surface area (Å²) in [7, 11) is 2.76. The number of benzene rings is 1.